The third kappa shape index (κ3) is 12.0. The highest BCUT2D eigenvalue weighted by atomic mass is 32.1. The first kappa shape index (κ1) is 37.1. The molecule has 262 valence electrons. The molecule has 2 heterocycles. The molecular formula is C36H46N6O6S. The summed E-state index contributed by atoms with van der Waals surface area (Å²) in [6, 6.07) is 18.2. The minimum Gasteiger partial charge on any atom is -0.443 e. The number of carbonyl (C=O) groups excluding carboxylic acids is 3. The number of hydrogen-bond donors (Lipinski definition) is 4. The summed E-state index contributed by atoms with van der Waals surface area (Å²) in [6.07, 6.45) is 1.27. The van der Waals surface area contributed by atoms with Gasteiger partial charge in [0.25, 0.3) is 0 Å². The molecule has 12 nitrogen and oxygen atoms in total. The summed E-state index contributed by atoms with van der Waals surface area (Å²) in [5, 5.41) is 27.1. The van der Waals surface area contributed by atoms with E-state index in [4.69, 9.17) is 9.26 Å². The molecule has 0 aliphatic heterocycles. The molecule has 0 fully saturated rings. The number of nitrogens with zero attached hydrogens (tertiary/aromatic N) is 3. The van der Waals surface area contributed by atoms with Crippen LogP contribution < -0.4 is 16.0 Å². The number of aromatic nitrogens is 2. The molecule has 4 rings (SSSR count). The van der Waals surface area contributed by atoms with Gasteiger partial charge in [-0.25, -0.2) is 14.6 Å². The van der Waals surface area contributed by atoms with Crippen LogP contribution in [0.2, 0.25) is 0 Å². The zero-order valence-electron chi connectivity index (χ0n) is 28.4. The summed E-state index contributed by atoms with van der Waals surface area (Å²) in [6.45, 7) is 5.98. The summed E-state index contributed by atoms with van der Waals surface area (Å²) in [5.41, 5.74) is 3.11. The topological polar surface area (TPSA) is 159 Å². The van der Waals surface area contributed by atoms with Gasteiger partial charge in [-0.05, 0) is 42.7 Å². The van der Waals surface area contributed by atoms with Crippen LogP contribution >= 0.6 is 11.3 Å². The molecule has 2 aromatic heterocycles. The largest absolute Gasteiger partial charge is 0.443 e. The summed E-state index contributed by atoms with van der Waals surface area (Å²) < 4.78 is 10.1. The number of hydrogen-bond acceptors (Lipinski definition) is 9. The van der Waals surface area contributed by atoms with Gasteiger partial charge in [-0.1, -0.05) is 86.6 Å². The maximum absolute atomic E-state index is 13.8. The standard InChI is InChI=1S/C36H46N6O6S/c1-5-32-37-29(23-49-32)21-42(4)35(45)40-33(24(2)3)34(44)38-28(18-25-12-8-6-9-13-25)20-31(43)30(19-26-14-10-7-11-15-26)39-36(46)47-22-27-16-17-48-41-27/h6-17,23-24,28,30-31,33,43H,5,18-22H2,1-4H3,(H,38,44)(H,39,46)(H,40,45)/t28-,30-,31-,33-/m0/s1. The predicted molar refractivity (Wildman–Crippen MR) is 187 cm³/mol. The van der Waals surface area contributed by atoms with Gasteiger partial charge in [0.05, 0.1) is 29.4 Å². The van der Waals surface area contributed by atoms with Gasteiger partial charge in [0, 0.05) is 24.5 Å². The molecule has 4 N–H and O–H groups in total. The number of amides is 4. The SMILES string of the molecule is CCc1nc(CN(C)C(=O)N[C@H](C(=O)N[C@@H](Cc2ccccc2)C[C@H](O)[C@H](Cc2ccccc2)NC(=O)OCc2ccon2)C(C)C)cs1. The average molecular weight is 691 g/mol. The highest BCUT2D eigenvalue weighted by Gasteiger charge is 2.31. The molecule has 0 bridgehead atoms. The molecule has 0 saturated heterocycles. The van der Waals surface area contributed by atoms with Crippen molar-refractivity contribution in [2.75, 3.05) is 7.05 Å². The van der Waals surface area contributed by atoms with Gasteiger partial charge in [-0.2, -0.15) is 0 Å². The Morgan fingerprint density at radius 3 is 2.20 bits per heavy atom. The average Bonchev–Trinajstić information content (AvgIpc) is 3.79. The molecule has 0 saturated carbocycles. The lowest BCUT2D eigenvalue weighted by atomic mass is 9.93. The number of ether oxygens (including phenoxy) is 1. The van der Waals surface area contributed by atoms with E-state index >= 15 is 0 Å². The first-order valence-electron chi connectivity index (χ1n) is 16.4. The quantitative estimate of drug-likeness (QED) is 0.122. The Morgan fingerprint density at radius 1 is 0.939 bits per heavy atom. The molecule has 0 radical (unpaired) electrons. The van der Waals surface area contributed by atoms with E-state index in [1.165, 1.54) is 11.2 Å². The van der Waals surface area contributed by atoms with Gasteiger partial charge < -0.3 is 35.2 Å². The number of benzene rings is 2. The number of aryl methyl sites for hydroxylation is 1. The molecule has 4 aromatic rings. The highest BCUT2D eigenvalue weighted by Crippen LogP contribution is 2.16. The van der Waals surface area contributed by atoms with Gasteiger partial charge >= 0.3 is 12.1 Å². The van der Waals surface area contributed by atoms with Gasteiger partial charge in [0.15, 0.2) is 0 Å². The van der Waals surface area contributed by atoms with Crippen molar-refractivity contribution in [2.45, 2.75) is 83.8 Å². The zero-order valence-corrected chi connectivity index (χ0v) is 29.2. The second-order valence-electron chi connectivity index (χ2n) is 12.3. The number of aliphatic hydroxyl groups excluding tert-OH is 1. The second-order valence-corrected chi connectivity index (χ2v) is 13.3. The molecule has 4 atom stereocenters. The molecule has 0 aliphatic carbocycles. The lowest BCUT2D eigenvalue weighted by molar-refractivity contribution is -0.124. The van der Waals surface area contributed by atoms with Crippen LogP contribution in [-0.4, -0.2) is 69.5 Å². The van der Waals surface area contributed by atoms with Crippen LogP contribution in [0.15, 0.2) is 82.9 Å². The lowest BCUT2D eigenvalue weighted by Crippen LogP contribution is -2.55. The number of nitrogens with one attached hydrogen (secondary N) is 3. The zero-order chi connectivity index (χ0) is 35.2. The maximum Gasteiger partial charge on any atom is 0.407 e. The van der Waals surface area contributed by atoms with E-state index in [-0.39, 0.29) is 24.9 Å². The Labute approximate surface area is 291 Å². The number of aliphatic hydroxyl groups is 1. The van der Waals surface area contributed by atoms with Gasteiger partial charge in [0.1, 0.15) is 24.6 Å². The number of carbonyl (C=O) groups is 3. The smallest absolute Gasteiger partial charge is 0.407 e. The molecule has 0 spiro atoms. The summed E-state index contributed by atoms with van der Waals surface area (Å²) in [4.78, 5) is 45.9. The van der Waals surface area contributed by atoms with Crippen LogP contribution in [-0.2, 0) is 41.9 Å². The third-order valence-corrected chi connectivity index (χ3v) is 9.02. The molecule has 0 unspecified atom stereocenters. The van der Waals surface area contributed by atoms with Crippen LogP contribution in [0, 0.1) is 5.92 Å². The number of alkyl carbamates (subject to hydrolysis) is 1. The third-order valence-electron chi connectivity index (χ3n) is 7.98. The van der Waals surface area contributed by atoms with Crippen molar-refractivity contribution in [3.63, 3.8) is 0 Å². The van der Waals surface area contributed by atoms with Crippen molar-refractivity contribution in [3.05, 3.63) is 106 Å². The van der Waals surface area contributed by atoms with Crippen LogP contribution in [0.5, 0.6) is 0 Å². The molecular weight excluding hydrogens is 644 g/mol. The van der Waals surface area contributed by atoms with Crippen molar-refractivity contribution in [1.29, 1.82) is 0 Å². The summed E-state index contributed by atoms with van der Waals surface area (Å²) >= 11 is 1.56. The Kier molecular flexibility index (Phi) is 14.2. The fourth-order valence-electron chi connectivity index (χ4n) is 5.31. The Balaban J connectivity index is 1.47. The number of thiazole rings is 1. The Hall–Kier alpha value is -4.75. The number of urea groups is 1. The first-order valence-corrected chi connectivity index (χ1v) is 17.3. The monoisotopic (exact) mass is 690 g/mol. The fourth-order valence-corrected chi connectivity index (χ4v) is 6.05. The van der Waals surface area contributed by atoms with E-state index < -0.39 is 36.4 Å². The van der Waals surface area contributed by atoms with Gasteiger partial charge in [-0.15, -0.1) is 11.3 Å². The van der Waals surface area contributed by atoms with Gasteiger partial charge in [-0.3, -0.25) is 4.79 Å². The van der Waals surface area contributed by atoms with Crippen molar-refractivity contribution in [1.82, 2.24) is 31.0 Å². The van der Waals surface area contributed by atoms with Crippen LogP contribution in [0.3, 0.4) is 0 Å². The summed E-state index contributed by atoms with van der Waals surface area (Å²) in [5.74, 6) is -0.594. The van der Waals surface area contributed by atoms with Gasteiger partial charge in [0.2, 0.25) is 5.91 Å². The first-order chi connectivity index (χ1) is 23.6. The second kappa shape index (κ2) is 18.7. The lowest BCUT2D eigenvalue weighted by Gasteiger charge is -2.30. The van der Waals surface area contributed by atoms with Crippen molar-refractivity contribution in [3.8, 4) is 0 Å². The summed E-state index contributed by atoms with van der Waals surface area (Å²) in [7, 11) is 1.67. The number of rotatable bonds is 17. The van der Waals surface area contributed by atoms with E-state index in [1.807, 2.05) is 86.8 Å². The maximum atomic E-state index is 13.8. The minimum atomic E-state index is -1.07. The van der Waals surface area contributed by atoms with E-state index in [2.05, 4.69) is 26.1 Å². The Bertz CT molecular complexity index is 1580. The minimum absolute atomic E-state index is 0.0930. The fraction of sp³-hybridized carbons (Fsp3) is 0.417. The van der Waals surface area contributed by atoms with E-state index in [9.17, 15) is 19.5 Å². The molecule has 2 aromatic carbocycles. The van der Waals surface area contributed by atoms with E-state index in [0.717, 1.165) is 28.2 Å². The van der Waals surface area contributed by atoms with E-state index in [0.29, 0.717) is 25.1 Å². The normalized spacial score (nSPS) is 13.6. The van der Waals surface area contributed by atoms with E-state index in [1.54, 1.807) is 24.5 Å². The van der Waals surface area contributed by atoms with Crippen LogP contribution in [0.1, 0.15) is 54.7 Å². The van der Waals surface area contributed by atoms with Crippen LogP contribution in [0.25, 0.3) is 0 Å². The van der Waals surface area contributed by atoms with Crippen molar-refractivity contribution >= 4 is 29.4 Å². The predicted octanol–water partition coefficient (Wildman–Crippen LogP) is 4.88. The van der Waals surface area contributed by atoms with Crippen molar-refractivity contribution in [2.24, 2.45) is 5.92 Å². The highest BCUT2D eigenvalue weighted by molar-refractivity contribution is 7.09. The molecule has 13 heteroatoms. The Morgan fingerprint density at radius 2 is 1.61 bits per heavy atom. The molecule has 0 aliphatic rings. The molecule has 49 heavy (non-hydrogen) atoms. The van der Waals surface area contributed by atoms with Crippen molar-refractivity contribution < 1.29 is 28.8 Å². The van der Waals surface area contributed by atoms with Crippen LogP contribution in [0.4, 0.5) is 9.59 Å². The molecule has 4 amide bonds.